The van der Waals surface area contributed by atoms with E-state index in [2.05, 4.69) is 21.2 Å². The number of carbonyl (C=O) groups is 1. The number of hydrogen-bond donors (Lipinski definition) is 2. The lowest BCUT2D eigenvalue weighted by atomic mass is 10.2. The first-order chi connectivity index (χ1) is 9.10. The molecule has 0 bridgehead atoms. The molecule has 1 aromatic carbocycles. The van der Waals surface area contributed by atoms with Gasteiger partial charge in [0.2, 0.25) is 0 Å². The molecule has 0 aliphatic carbocycles. The van der Waals surface area contributed by atoms with Crippen LogP contribution in [0.2, 0.25) is 0 Å². The van der Waals surface area contributed by atoms with E-state index in [1.54, 1.807) is 18.2 Å². The van der Waals surface area contributed by atoms with Gasteiger partial charge in [-0.2, -0.15) is 0 Å². The minimum Gasteiger partial charge on any atom is -0.491 e. The van der Waals surface area contributed by atoms with E-state index in [0.717, 1.165) is 10.0 Å². The molecule has 1 aromatic rings. The third-order valence-electron chi connectivity index (χ3n) is 2.26. The Bertz CT molecular complexity index is 560. The summed E-state index contributed by atoms with van der Waals surface area (Å²) in [5.74, 6) is 0.477. The Morgan fingerprint density at radius 1 is 1.53 bits per heavy atom. The van der Waals surface area contributed by atoms with Crippen LogP contribution in [0, 0.1) is 0 Å². The van der Waals surface area contributed by atoms with Crippen molar-refractivity contribution in [2.24, 2.45) is 0 Å². The fourth-order valence-electron chi connectivity index (χ4n) is 1.44. The van der Waals surface area contributed by atoms with Crippen LogP contribution in [0.4, 0.5) is 0 Å². The predicted molar refractivity (Wildman–Crippen MR) is 83.0 cm³/mol. The monoisotopic (exact) mass is 359 g/mol. The van der Waals surface area contributed by atoms with Crippen molar-refractivity contribution < 1.29 is 14.6 Å². The summed E-state index contributed by atoms with van der Waals surface area (Å²) in [6.45, 7) is 0.219. The van der Waals surface area contributed by atoms with Gasteiger partial charge in [-0.1, -0.05) is 46.0 Å². The predicted octanol–water partition coefficient (Wildman–Crippen LogP) is 2.31. The topological polar surface area (TPSA) is 58.6 Å². The third-order valence-corrected chi connectivity index (χ3v) is 4.11. The van der Waals surface area contributed by atoms with Crippen molar-refractivity contribution in [2.45, 2.75) is 0 Å². The van der Waals surface area contributed by atoms with Crippen molar-refractivity contribution >= 4 is 56.2 Å². The molecule has 1 amide bonds. The Morgan fingerprint density at radius 2 is 2.32 bits per heavy atom. The number of ether oxygens (including phenoxy) is 1. The Balaban J connectivity index is 2.19. The van der Waals surface area contributed by atoms with Crippen LogP contribution in [0.15, 0.2) is 27.6 Å². The first kappa shape index (κ1) is 14.5. The van der Waals surface area contributed by atoms with Crippen molar-refractivity contribution in [3.63, 3.8) is 0 Å². The summed E-state index contributed by atoms with van der Waals surface area (Å²) >= 11 is 9.59. The number of thiocarbonyl (C=S) groups is 1. The maximum Gasteiger partial charge on any atom is 0.263 e. The number of hydrogen-bond acceptors (Lipinski definition) is 5. The van der Waals surface area contributed by atoms with E-state index >= 15 is 0 Å². The number of aliphatic hydroxyl groups excluding tert-OH is 1. The Morgan fingerprint density at radius 3 is 2.89 bits per heavy atom. The second kappa shape index (κ2) is 6.51. The van der Waals surface area contributed by atoms with E-state index in [4.69, 9.17) is 22.1 Å². The van der Waals surface area contributed by atoms with Crippen molar-refractivity contribution in [2.75, 3.05) is 13.2 Å². The molecule has 100 valence electrons. The van der Waals surface area contributed by atoms with E-state index in [0.29, 0.717) is 15.0 Å². The van der Waals surface area contributed by atoms with Crippen molar-refractivity contribution in [3.05, 3.63) is 33.1 Å². The first-order valence-electron chi connectivity index (χ1n) is 5.38. The van der Waals surface area contributed by atoms with Gasteiger partial charge in [0, 0.05) is 4.47 Å². The second-order valence-electron chi connectivity index (χ2n) is 3.61. The van der Waals surface area contributed by atoms with Crippen LogP contribution in [0.1, 0.15) is 5.56 Å². The fraction of sp³-hybridized carbons (Fsp3) is 0.167. The quantitative estimate of drug-likeness (QED) is 0.638. The summed E-state index contributed by atoms with van der Waals surface area (Å²) in [6.07, 6.45) is 1.76. The number of carbonyl (C=O) groups excluding carboxylic acids is 1. The number of thioether (sulfide) groups is 1. The number of rotatable bonds is 4. The molecular formula is C12H10BrNO3S2. The Kier molecular flexibility index (Phi) is 4.98. The van der Waals surface area contributed by atoms with E-state index in [1.807, 2.05) is 6.07 Å². The lowest BCUT2D eigenvalue weighted by Crippen LogP contribution is -2.17. The highest BCUT2D eigenvalue weighted by Crippen LogP contribution is 2.30. The molecule has 4 nitrogen and oxygen atoms in total. The molecule has 0 radical (unpaired) electrons. The van der Waals surface area contributed by atoms with Gasteiger partial charge in [-0.15, -0.1) is 0 Å². The zero-order chi connectivity index (χ0) is 13.8. The van der Waals surface area contributed by atoms with Gasteiger partial charge in [0.1, 0.15) is 16.7 Å². The van der Waals surface area contributed by atoms with Crippen LogP contribution in [0.3, 0.4) is 0 Å². The molecule has 0 spiro atoms. The summed E-state index contributed by atoms with van der Waals surface area (Å²) in [5, 5.41) is 11.3. The van der Waals surface area contributed by atoms with Crippen LogP contribution in [-0.4, -0.2) is 28.5 Å². The Hall–Kier alpha value is -0.890. The van der Waals surface area contributed by atoms with E-state index in [1.165, 1.54) is 11.8 Å². The van der Waals surface area contributed by atoms with Gasteiger partial charge in [0.15, 0.2) is 0 Å². The van der Waals surface area contributed by atoms with Crippen molar-refractivity contribution in [1.82, 2.24) is 5.32 Å². The van der Waals surface area contributed by atoms with Crippen molar-refractivity contribution in [3.8, 4) is 5.75 Å². The highest BCUT2D eigenvalue weighted by molar-refractivity contribution is 9.10. The summed E-state index contributed by atoms with van der Waals surface area (Å²) in [6, 6.07) is 5.40. The maximum absolute atomic E-state index is 11.6. The molecule has 0 atom stereocenters. The number of benzene rings is 1. The smallest absolute Gasteiger partial charge is 0.263 e. The second-order valence-corrected chi connectivity index (χ2v) is 6.18. The zero-order valence-corrected chi connectivity index (χ0v) is 12.9. The molecule has 7 heteroatoms. The van der Waals surface area contributed by atoms with Gasteiger partial charge in [-0.3, -0.25) is 4.79 Å². The minimum atomic E-state index is -0.178. The van der Waals surface area contributed by atoms with Gasteiger partial charge in [0.05, 0.1) is 11.5 Å². The molecule has 1 fully saturated rings. The number of nitrogens with one attached hydrogen (secondary N) is 1. The molecular weight excluding hydrogens is 350 g/mol. The number of amides is 1. The number of halogens is 1. The molecule has 0 unspecified atom stereocenters. The third kappa shape index (κ3) is 3.79. The normalized spacial score (nSPS) is 16.8. The molecule has 2 rings (SSSR count). The summed E-state index contributed by atoms with van der Waals surface area (Å²) < 4.78 is 6.57. The van der Waals surface area contributed by atoms with Gasteiger partial charge in [-0.25, -0.2) is 0 Å². The summed E-state index contributed by atoms with van der Waals surface area (Å²) in [7, 11) is 0. The number of aliphatic hydroxyl groups is 1. The van der Waals surface area contributed by atoms with E-state index in [-0.39, 0.29) is 19.1 Å². The lowest BCUT2D eigenvalue weighted by molar-refractivity contribution is -0.115. The van der Waals surface area contributed by atoms with Crippen LogP contribution >= 0.6 is 39.9 Å². The molecule has 0 saturated carbocycles. The standard InChI is InChI=1S/C12H10BrNO3S2/c13-9-6-8(17-4-3-15)2-1-7(9)5-10-11(16)14-12(18)19-10/h1-2,5-6,15H,3-4H2,(H,14,16,18)/b10-5+. The minimum absolute atomic E-state index is 0.0301. The van der Waals surface area contributed by atoms with E-state index < -0.39 is 0 Å². The van der Waals surface area contributed by atoms with Crippen molar-refractivity contribution in [1.29, 1.82) is 0 Å². The molecule has 1 aliphatic rings. The molecule has 2 N–H and O–H groups in total. The highest BCUT2D eigenvalue weighted by atomic mass is 79.9. The molecule has 19 heavy (non-hydrogen) atoms. The average molecular weight is 360 g/mol. The first-order valence-corrected chi connectivity index (χ1v) is 7.40. The SMILES string of the molecule is O=C1NC(=S)S/C1=C/c1ccc(OCCO)cc1Br. The van der Waals surface area contributed by atoms with Gasteiger partial charge in [0.25, 0.3) is 5.91 Å². The van der Waals surface area contributed by atoms with Gasteiger partial charge >= 0.3 is 0 Å². The lowest BCUT2D eigenvalue weighted by Gasteiger charge is -2.06. The van der Waals surface area contributed by atoms with Crippen LogP contribution < -0.4 is 10.1 Å². The summed E-state index contributed by atoms with van der Waals surface area (Å²) in [5.41, 5.74) is 0.860. The van der Waals surface area contributed by atoms with E-state index in [9.17, 15) is 4.79 Å². The highest BCUT2D eigenvalue weighted by Gasteiger charge is 2.22. The van der Waals surface area contributed by atoms with Gasteiger partial charge < -0.3 is 15.2 Å². The largest absolute Gasteiger partial charge is 0.491 e. The van der Waals surface area contributed by atoms with Gasteiger partial charge in [-0.05, 0) is 23.8 Å². The molecule has 1 aliphatic heterocycles. The molecule has 0 aromatic heterocycles. The average Bonchev–Trinajstić information content (AvgIpc) is 2.68. The summed E-state index contributed by atoms with van der Waals surface area (Å²) in [4.78, 5) is 12.1. The fourth-order valence-corrected chi connectivity index (χ4v) is 2.95. The van der Waals surface area contributed by atoms with Crippen LogP contribution in [-0.2, 0) is 4.79 Å². The molecule has 1 heterocycles. The maximum atomic E-state index is 11.6. The van der Waals surface area contributed by atoms with Crippen LogP contribution in [0.25, 0.3) is 6.08 Å². The molecule has 1 saturated heterocycles. The Labute approximate surface area is 128 Å². The van der Waals surface area contributed by atoms with Crippen LogP contribution in [0.5, 0.6) is 5.75 Å². The zero-order valence-electron chi connectivity index (χ0n) is 9.68.